The first-order valence-electron chi connectivity index (χ1n) is 4.29. The van der Waals surface area contributed by atoms with Gasteiger partial charge in [0.15, 0.2) is 0 Å². The first kappa shape index (κ1) is 11.6. The van der Waals surface area contributed by atoms with Gasteiger partial charge in [-0.15, -0.1) is 0 Å². The maximum atomic E-state index is 10.8. The highest BCUT2D eigenvalue weighted by molar-refractivity contribution is 7.80. The molecule has 0 spiro atoms. The minimum atomic E-state index is -0.430. The summed E-state index contributed by atoms with van der Waals surface area (Å²) in [6.07, 6.45) is 3.42. The van der Waals surface area contributed by atoms with Crippen LogP contribution in [0.2, 0.25) is 0 Å². The largest absolute Gasteiger partial charge is 0.497 e. The van der Waals surface area contributed by atoms with Crippen LogP contribution in [0.3, 0.4) is 0 Å². The van der Waals surface area contributed by atoms with E-state index in [1.54, 1.807) is 24.3 Å². The molecule has 0 heterocycles. The number of rotatable bonds is 4. The van der Waals surface area contributed by atoms with Crippen LogP contribution in [0.25, 0.3) is 6.08 Å². The molecule has 0 aliphatic rings. The van der Waals surface area contributed by atoms with Crippen LogP contribution >= 0.6 is 12.6 Å². The van der Waals surface area contributed by atoms with Gasteiger partial charge in [0.1, 0.15) is 5.75 Å². The summed E-state index contributed by atoms with van der Waals surface area (Å²) in [6, 6.07) is 4.74. The Hall–Kier alpha value is -1.49. The highest BCUT2D eigenvalue weighted by Crippen LogP contribution is 2.25. The first-order chi connectivity index (χ1) is 7.19. The molecular weight excluding hydrogens is 214 g/mol. The smallest absolute Gasteiger partial charge is 0.280 e. The topological polar surface area (TPSA) is 52.4 Å². The SMILES string of the molecule is COc1ccc(C=CCS)c([N+](=O)[O-])c1. The van der Waals surface area contributed by atoms with Crippen molar-refractivity contribution in [1.29, 1.82) is 0 Å². The van der Waals surface area contributed by atoms with Gasteiger partial charge in [0.2, 0.25) is 0 Å². The third-order valence-corrected chi connectivity index (χ3v) is 2.05. The maximum Gasteiger partial charge on any atom is 0.280 e. The van der Waals surface area contributed by atoms with Crippen LogP contribution in [0.15, 0.2) is 24.3 Å². The van der Waals surface area contributed by atoms with Crippen molar-refractivity contribution in [2.45, 2.75) is 0 Å². The summed E-state index contributed by atoms with van der Waals surface area (Å²) >= 11 is 3.99. The molecule has 0 fully saturated rings. The van der Waals surface area contributed by atoms with Gasteiger partial charge in [0.05, 0.1) is 23.7 Å². The Bertz CT molecular complexity index is 390. The highest BCUT2D eigenvalue weighted by Gasteiger charge is 2.12. The molecule has 0 atom stereocenters. The third kappa shape index (κ3) is 2.99. The Morgan fingerprint density at radius 1 is 1.60 bits per heavy atom. The lowest BCUT2D eigenvalue weighted by molar-refractivity contribution is -0.385. The Labute approximate surface area is 93.1 Å². The molecule has 1 rings (SSSR count). The molecule has 15 heavy (non-hydrogen) atoms. The van der Waals surface area contributed by atoms with E-state index in [1.165, 1.54) is 13.2 Å². The minimum Gasteiger partial charge on any atom is -0.497 e. The molecule has 0 N–H and O–H groups in total. The number of thiol groups is 1. The fourth-order valence-electron chi connectivity index (χ4n) is 1.13. The average molecular weight is 225 g/mol. The lowest BCUT2D eigenvalue weighted by atomic mass is 10.1. The van der Waals surface area contributed by atoms with Gasteiger partial charge in [-0.1, -0.05) is 12.2 Å². The van der Waals surface area contributed by atoms with E-state index in [9.17, 15) is 10.1 Å². The second-order valence-electron chi connectivity index (χ2n) is 2.77. The molecule has 1 aromatic carbocycles. The van der Waals surface area contributed by atoms with Crippen LogP contribution < -0.4 is 4.74 Å². The molecule has 0 bridgehead atoms. The number of benzene rings is 1. The van der Waals surface area contributed by atoms with E-state index in [1.807, 2.05) is 0 Å². The minimum absolute atomic E-state index is 0.0346. The molecule has 0 radical (unpaired) electrons. The van der Waals surface area contributed by atoms with Gasteiger partial charge in [-0.05, 0) is 12.1 Å². The second-order valence-corrected chi connectivity index (χ2v) is 3.13. The number of hydrogen-bond donors (Lipinski definition) is 1. The van der Waals surface area contributed by atoms with E-state index in [2.05, 4.69) is 12.6 Å². The molecule has 0 saturated heterocycles. The average Bonchev–Trinajstić information content (AvgIpc) is 2.26. The number of nitrogens with zero attached hydrogens (tertiary/aromatic N) is 1. The maximum absolute atomic E-state index is 10.8. The van der Waals surface area contributed by atoms with Gasteiger partial charge in [0.25, 0.3) is 5.69 Å². The number of hydrogen-bond acceptors (Lipinski definition) is 4. The summed E-state index contributed by atoms with van der Waals surface area (Å²) in [5.41, 5.74) is 0.585. The van der Waals surface area contributed by atoms with Crippen molar-refractivity contribution in [3.8, 4) is 5.75 Å². The number of nitro groups is 1. The summed E-state index contributed by atoms with van der Waals surface area (Å²) in [6.45, 7) is 0. The Morgan fingerprint density at radius 2 is 2.33 bits per heavy atom. The summed E-state index contributed by atoms with van der Waals surface area (Å²) in [5, 5.41) is 10.8. The van der Waals surface area contributed by atoms with E-state index in [0.717, 1.165) is 0 Å². The molecule has 0 saturated carbocycles. The predicted molar refractivity (Wildman–Crippen MR) is 62.5 cm³/mol. The van der Waals surface area contributed by atoms with Crippen molar-refractivity contribution in [2.24, 2.45) is 0 Å². The standard InChI is InChI=1S/C10H11NO3S/c1-14-9-5-4-8(3-2-6-15)10(7-9)11(12)13/h2-5,7,15H,6H2,1H3. The summed E-state index contributed by atoms with van der Waals surface area (Å²) < 4.78 is 4.92. The zero-order valence-corrected chi connectivity index (χ0v) is 9.11. The Kier molecular flexibility index (Phi) is 4.17. The second kappa shape index (κ2) is 5.41. The lowest BCUT2D eigenvalue weighted by Crippen LogP contribution is -1.93. The Balaban J connectivity index is 3.15. The summed E-state index contributed by atoms with van der Waals surface area (Å²) in [7, 11) is 1.47. The van der Waals surface area contributed by atoms with Crippen molar-refractivity contribution in [3.63, 3.8) is 0 Å². The van der Waals surface area contributed by atoms with Crippen molar-refractivity contribution in [1.82, 2.24) is 0 Å². The van der Waals surface area contributed by atoms with E-state index < -0.39 is 4.92 Å². The van der Waals surface area contributed by atoms with Crippen LogP contribution in [0.4, 0.5) is 5.69 Å². The van der Waals surface area contributed by atoms with Crippen molar-refractivity contribution >= 4 is 24.4 Å². The van der Waals surface area contributed by atoms with Crippen LogP contribution in [-0.2, 0) is 0 Å². The highest BCUT2D eigenvalue weighted by atomic mass is 32.1. The zero-order valence-electron chi connectivity index (χ0n) is 8.21. The normalized spacial score (nSPS) is 10.5. The molecule has 0 amide bonds. The molecule has 0 unspecified atom stereocenters. The van der Waals surface area contributed by atoms with Gasteiger partial charge in [0, 0.05) is 5.75 Å². The summed E-state index contributed by atoms with van der Waals surface area (Å²) in [5.74, 6) is 1.02. The van der Waals surface area contributed by atoms with Gasteiger partial charge in [-0.2, -0.15) is 12.6 Å². The first-order valence-corrected chi connectivity index (χ1v) is 4.92. The molecule has 0 aromatic heterocycles. The molecule has 0 aliphatic carbocycles. The van der Waals surface area contributed by atoms with Gasteiger partial charge in [-0.25, -0.2) is 0 Å². The van der Waals surface area contributed by atoms with Crippen LogP contribution in [0.5, 0.6) is 5.75 Å². The van der Waals surface area contributed by atoms with E-state index in [0.29, 0.717) is 17.1 Å². The fraction of sp³-hybridized carbons (Fsp3) is 0.200. The quantitative estimate of drug-likeness (QED) is 0.486. The number of methoxy groups -OCH3 is 1. The third-order valence-electron chi connectivity index (χ3n) is 1.84. The van der Waals surface area contributed by atoms with Crippen molar-refractivity contribution < 1.29 is 9.66 Å². The van der Waals surface area contributed by atoms with Crippen LogP contribution in [0.1, 0.15) is 5.56 Å². The van der Waals surface area contributed by atoms with E-state index >= 15 is 0 Å². The van der Waals surface area contributed by atoms with Crippen LogP contribution in [0, 0.1) is 10.1 Å². The molecule has 1 aromatic rings. The van der Waals surface area contributed by atoms with Gasteiger partial charge >= 0.3 is 0 Å². The molecule has 0 aliphatic heterocycles. The fourth-order valence-corrected chi connectivity index (χ4v) is 1.23. The lowest BCUT2D eigenvalue weighted by Gasteiger charge is -2.01. The van der Waals surface area contributed by atoms with Crippen LogP contribution in [-0.4, -0.2) is 17.8 Å². The van der Waals surface area contributed by atoms with E-state index in [-0.39, 0.29) is 5.69 Å². The summed E-state index contributed by atoms with van der Waals surface area (Å²) in [4.78, 5) is 10.3. The van der Waals surface area contributed by atoms with Gasteiger partial charge in [-0.3, -0.25) is 10.1 Å². The molecule has 80 valence electrons. The van der Waals surface area contributed by atoms with Crippen molar-refractivity contribution in [3.05, 3.63) is 40.0 Å². The van der Waals surface area contributed by atoms with E-state index in [4.69, 9.17) is 4.74 Å². The zero-order chi connectivity index (χ0) is 11.3. The number of ether oxygens (including phenoxy) is 1. The Morgan fingerprint density at radius 3 is 2.87 bits per heavy atom. The molecule has 4 nitrogen and oxygen atoms in total. The molecular formula is C10H11NO3S. The van der Waals surface area contributed by atoms with Crippen molar-refractivity contribution in [2.75, 3.05) is 12.9 Å². The molecule has 5 heteroatoms. The predicted octanol–water partition coefficient (Wildman–Crippen LogP) is 2.55. The van der Waals surface area contributed by atoms with Gasteiger partial charge < -0.3 is 4.74 Å². The number of nitro benzene ring substituents is 1. The monoisotopic (exact) mass is 225 g/mol.